The standard InChI is InChI=1S/C23H16N4/c1-3-7-17(8-4-1)18-11-13-20(14-12-18)22-16-27-23(25-22)24-15-21(26-27)19-9-5-2-6-10-19/h1-16H. The summed E-state index contributed by atoms with van der Waals surface area (Å²) in [5, 5.41) is 4.65. The number of rotatable bonds is 3. The van der Waals surface area contributed by atoms with E-state index < -0.39 is 0 Å². The summed E-state index contributed by atoms with van der Waals surface area (Å²) >= 11 is 0. The maximum absolute atomic E-state index is 4.65. The zero-order valence-electron chi connectivity index (χ0n) is 14.5. The van der Waals surface area contributed by atoms with E-state index in [4.69, 9.17) is 0 Å². The van der Waals surface area contributed by atoms with Gasteiger partial charge >= 0.3 is 0 Å². The lowest BCUT2D eigenvalue weighted by molar-refractivity contribution is 0.909. The van der Waals surface area contributed by atoms with E-state index in [1.54, 1.807) is 10.7 Å². The van der Waals surface area contributed by atoms with E-state index in [-0.39, 0.29) is 0 Å². The molecule has 0 bridgehead atoms. The Morgan fingerprint density at radius 3 is 1.81 bits per heavy atom. The number of hydrogen-bond acceptors (Lipinski definition) is 3. The lowest BCUT2D eigenvalue weighted by atomic mass is 10.0. The molecule has 0 N–H and O–H groups in total. The van der Waals surface area contributed by atoms with Crippen molar-refractivity contribution < 1.29 is 0 Å². The molecule has 0 aliphatic carbocycles. The van der Waals surface area contributed by atoms with E-state index >= 15 is 0 Å². The molecule has 5 aromatic rings. The second kappa shape index (κ2) is 6.50. The molecule has 0 amide bonds. The maximum Gasteiger partial charge on any atom is 0.251 e. The first-order valence-corrected chi connectivity index (χ1v) is 8.80. The third kappa shape index (κ3) is 2.98. The number of hydrogen-bond donors (Lipinski definition) is 0. The molecular weight excluding hydrogens is 332 g/mol. The van der Waals surface area contributed by atoms with Crippen LogP contribution in [0.4, 0.5) is 0 Å². The van der Waals surface area contributed by atoms with Crippen molar-refractivity contribution in [2.75, 3.05) is 0 Å². The fourth-order valence-electron chi connectivity index (χ4n) is 3.13. The predicted molar refractivity (Wildman–Crippen MR) is 107 cm³/mol. The van der Waals surface area contributed by atoms with Crippen molar-refractivity contribution in [2.24, 2.45) is 0 Å². The fraction of sp³-hybridized carbons (Fsp3) is 0. The summed E-state index contributed by atoms with van der Waals surface area (Å²) in [6.07, 6.45) is 3.69. The first-order valence-electron chi connectivity index (χ1n) is 8.80. The van der Waals surface area contributed by atoms with Gasteiger partial charge in [0.25, 0.3) is 5.78 Å². The molecule has 0 saturated carbocycles. The highest BCUT2D eigenvalue weighted by molar-refractivity contribution is 5.69. The molecule has 0 unspecified atom stereocenters. The van der Waals surface area contributed by atoms with Gasteiger partial charge in [0.15, 0.2) is 0 Å². The Hall–Kier alpha value is -3.79. The number of imidazole rings is 1. The number of fused-ring (bicyclic) bond motifs is 1. The molecule has 3 aromatic carbocycles. The SMILES string of the molecule is c1ccc(-c2ccc(-c3cn4nc(-c5ccccc5)cnc4n3)cc2)cc1. The second-order valence-corrected chi connectivity index (χ2v) is 6.32. The van der Waals surface area contributed by atoms with Crippen LogP contribution in [0.25, 0.3) is 39.4 Å². The van der Waals surface area contributed by atoms with Gasteiger partial charge in [0.2, 0.25) is 0 Å². The molecule has 128 valence electrons. The average Bonchev–Trinajstić information content (AvgIpc) is 3.18. The van der Waals surface area contributed by atoms with E-state index in [0.29, 0.717) is 5.78 Å². The van der Waals surface area contributed by atoms with Crippen LogP contribution in [0.5, 0.6) is 0 Å². The first kappa shape index (κ1) is 15.5. The van der Waals surface area contributed by atoms with Gasteiger partial charge < -0.3 is 0 Å². The van der Waals surface area contributed by atoms with Crippen LogP contribution in [0.15, 0.2) is 97.3 Å². The Morgan fingerprint density at radius 2 is 1.11 bits per heavy atom. The van der Waals surface area contributed by atoms with Crippen molar-refractivity contribution in [3.63, 3.8) is 0 Å². The monoisotopic (exact) mass is 348 g/mol. The summed E-state index contributed by atoms with van der Waals surface area (Å²) in [5.74, 6) is 0.594. The number of nitrogens with zero attached hydrogens (tertiary/aromatic N) is 4. The minimum absolute atomic E-state index is 0.594. The van der Waals surface area contributed by atoms with Gasteiger partial charge in [-0.3, -0.25) is 0 Å². The average molecular weight is 348 g/mol. The molecule has 0 spiro atoms. The maximum atomic E-state index is 4.65. The summed E-state index contributed by atoms with van der Waals surface area (Å²) in [7, 11) is 0. The van der Waals surface area contributed by atoms with E-state index in [1.807, 2.05) is 54.7 Å². The van der Waals surface area contributed by atoms with Crippen LogP contribution in [0, 0.1) is 0 Å². The second-order valence-electron chi connectivity index (χ2n) is 6.32. The van der Waals surface area contributed by atoms with Crippen LogP contribution in [0.1, 0.15) is 0 Å². The smallest absolute Gasteiger partial charge is 0.217 e. The molecule has 0 fully saturated rings. The molecule has 0 radical (unpaired) electrons. The van der Waals surface area contributed by atoms with Crippen molar-refractivity contribution in [1.29, 1.82) is 0 Å². The van der Waals surface area contributed by atoms with Crippen molar-refractivity contribution in [3.05, 3.63) is 97.3 Å². The zero-order chi connectivity index (χ0) is 18.1. The van der Waals surface area contributed by atoms with Crippen LogP contribution in [-0.4, -0.2) is 19.6 Å². The molecule has 27 heavy (non-hydrogen) atoms. The highest BCUT2D eigenvalue weighted by atomic mass is 15.3. The molecule has 0 aliphatic rings. The molecule has 2 heterocycles. The lowest BCUT2D eigenvalue weighted by Crippen LogP contribution is -1.95. The predicted octanol–water partition coefficient (Wildman–Crippen LogP) is 5.13. The van der Waals surface area contributed by atoms with Gasteiger partial charge in [-0.2, -0.15) is 5.10 Å². The van der Waals surface area contributed by atoms with E-state index in [1.165, 1.54) is 11.1 Å². The molecular formula is C23H16N4. The highest BCUT2D eigenvalue weighted by Gasteiger charge is 2.08. The number of aromatic nitrogens is 4. The van der Waals surface area contributed by atoms with Crippen molar-refractivity contribution >= 4 is 5.78 Å². The van der Waals surface area contributed by atoms with Gasteiger partial charge in [-0.15, -0.1) is 0 Å². The van der Waals surface area contributed by atoms with Gasteiger partial charge in [-0.05, 0) is 11.1 Å². The quantitative estimate of drug-likeness (QED) is 0.454. The van der Waals surface area contributed by atoms with E-state index in [0.717, 1.165) is 22.5 Å². The largest absolute Gasteiger partial charge is 0.251 e. The van der Waals surface area contributed by atoms with Gasteiger partial charge in [-0.1, -0.05) is 84.9 Å². The molecule has 5 rings (SSSR count). The van der Waals surface area contributed by atoms with Crippen LogP contribution in [0.2, 0.25) is 0 Å². The molecule has 0 aliphatic heterocycles. The summed E-state index contributed by atoms with van der Waals surface area (Å²) in [6.45, 7) is 0. The minimum atomic E-state index is 0.594. The Labute approximate surface area is 156 Å². The Kier molecular flexibility index (Phi) is 3.72. The van der Waals surface area contributed by atoms with Crippen molar-refractivity contribution in [1.82, 2.24) is 19.6 Å². The van der Waals surface area contributed by atoms with Crippen LogP contribution >= 0.6 is 0 Å². The fourth-order valence-corrected chi connectivity index (χ4v) is 3.13. The van der Waals surface area contributed by atoms with Crippen LogP contribution in [0.3, 0.4) is 0 Å². The van der Waals surface area contributed by atoms with Crippen molar-refractivity contribution in [3.8, 4) is 33.6 Å². The molecule has 0 atom stereocenters. The molecule has 4 heteroatoms. The zero-order valence-corrected chi connectivity index (χ0v) is 14.5. The van der Waals surface area contributed by atoms with Crippen LogP contribution in [-0.2, 0) is 0 Å². The Morgan fingerprint density at radius 1 is 0.556 bits per heavy atom. The Bertz CT molecular complexity index is 1190. The molecule has 2 aromatic heterocycles. The van der Waals surface area contributed by atoms with E-state index in [9.17, 15) is 0 Å². The van der Waals surface area contributed by atoms with Gasteiger partial charge in [0, 0.05) is 11.1 Å². The first-order chi connectivity index (χ1) is 13.4. The van der Waals surface area contributed by atoms with Gasteiger partial charge in [-0.25, -0.2) is 14.5 Å². The molecule has 0 saturated heterocycles. The molecule has 4 nitrogen and oxygen atoms in total. The summed E-state index contributed by atoms with van der Waals surface area (Å²) in [6, 6.07) is 28.8. The normalized spacial score (nSPS) is 11.0. The third-order valence-electron chi connectivity index (χ3n) is 4.55. The van der Waals surface area contributed by atoms with Gasteiger partial charge in [0.1, 0.15) is 5.69 Å². The summed E-state index contributed by atoms with van der Waals surface area (Å²) in [5.41, 5.74) is 6.16. The van der Waals surface area contributed by atoms with Crippen molar-refractivity contribution in [2.45, 2.75) is 0 Å². The Balaban J connectivity index is 1.50. The topological polar surface area (TPSA) is 43.1 Å². The lowest BCUT2D eigenvalue weighted by Gasteiger charge is -2.02. The van der Waals surface area contributed by atoms with E-state index in [2.05, 4.69) is 51.5 Å². The summed E-state index contributed by atoms with van der Waals surface area (Å²) < 4.78 is 1.74. The number of benzene rings is 3. The highest BCUT2D eigenvalue weighted by Crippen LogP contribution is 2.24. The third-order valence-corrected chi connectivity index (χ3v) is 4.55. The van der Waals surface area contributed by atoms with Crippen LogP contribution < -0.4 is 0 Å². The van der Waals surface area contributed by atoms with Gasteiger partial charge in [0.05, 0.1) is 18.1 Å². The summed E-state index contributed by atoms with van der Waals surface area (Å²) in [4.78, 5) is 9.07. The minimum Gasteiger partial charge on any atom is -0.217 e.